The van der Waals surface area contributed by atoms with Gasteiger partial charge in [-0.2, -0.15) is 0 Å². The number of nitrogens with one attached hydrogen (secondary N) is 3. The SMILES string of the molecule is CCNC(=NCC(=O)NC1CC1)NC1CCN(C2CCCC2)C1.I. The summed E-state index contributed by atoms with van der Waals surface area (Å²) < 4.78 is 0. The van der Waals surface area contributed by atoms with Crippen LogP contribution in [0.25, 0.3) is 0 Å². The molecular weight excluding hydrogens is 417 g/mol. The lowest BCUT2D eigenvalue weighted by molar-refractivity contribution is -0.119. The molecule has 0 aromatic heterocycles. The molecule has 3 N–H and O–H groups in total. The van der Waals surface area contributed by atoms with Crippen molar-refractivity contribution < 1.29 is 4.79 Å². The molecule has 0 aromatic carbocycles. The Morgan fingerprint density at radius 3 is 2.50 bits per heavy atom. The van der Waals surface area contributed by atoms with E-state index in [4.69, 9.17) is 0 Å². The minimum Gasteiger partial charge on any atom is -0.357 e. The van der Waals surface area contributed by atoms with Crippen LogP contribution in [0.2, 0.25) is 0 Å². The van der Waals surface area contributed by atoms with Gasteiger partial charge in [0.2, 0.25) is 5.91 Å². The molecule has 0 radical (unpaired) electrons. The standard InChI is InChI=1S/C17H31N5O.HI/c1-2-18-17(19-11-16(23)20-13-7-8-13)21-14-9-10-22(12-14)15-5-3-4-6-15;/h13-15H,2-12H2,1H3,(H,20,23)(H2,18,19,21);1H. The fourth-order valence-corrected chi connectivity index (χ4v) is 3.67. The van der Waals surface area contributed by atoms with Gasteiger partial charge in [0.05, 0.1) is 0 Å². The molecule has 24 heavy (non-hydrogen) atoms. The lowest BCUT2D eigenvalue weighted by Crippen LogP contribution is -2.45. The zero-order valence-corrected chi connectivity index (χ0v) is 17.1. The maximum absolute atomic E-state index is 11.8. The highest BCUT2D eigenvalue weighted by Gasteiger charge is 2.30. The van der Waals surface area contributed by atoms with Crippen molar-refractivity contribution in [3.05, 3.63) is 0 Å². The zero-order valence-electron chi connectivity index (χ0n) is 14.7. The van der Waals surface area contributed by atoms with Gasteiger partial charge in [0.15, 0.2) is 5.96 Å². The molecular formula is C17H32IN5O. The van der Waals surface area contributed by atoms with Crippen LogP contribution in [0.15, 0.2) is 4.99 Å². The van der Waals surface area contributed by atoms with Crippen LogP contribution >= 0.6 is 24.0 Å². The molecule has 3 fully saturated rings. The molecule has 7 heteroatoms. The molecule has 0 spiro atoms. The Morgan fingerprint density at radius 2 is 1.83 bits per heavy atom. The summed E-state index contributed by atoms with van der Waals surface area (Å²) in [6.45, 7) is 5.37. The summed E-state index contributed by atoms with van der Waals surface area (Å²) in [6, 6.07) is 1.65. The zero-order chi connectivity index (χ0) is 16.1. The number of hydrogen-bond acceptors (Lipinski definition) is 3. The van der Waals surface area contributed by atoms with Gasteiger partial charge in [0.25, 0.3) is 0 Å². The van der Waals surface area contributed by atoms with E-state index in [9.17, 15) is 4.79 Å². The van der Waals surface area contributed by atoms with Gasteiger partial charge in [0.1, 0.15) is 6.54 Å². The maximum Gasteiger partial charge on any atom is 0.242 e. The first-order chi connectivity index (χ1) is 11.2. The van der Waals surface area contributed by atoms with E-state index in [0.717, 1.165) is 44.4 Å². The fraction of sp³-hybridized carbons (Fsp3) is 0.882. The van der Waals surface area contributed by atoms with Gasteiger partial charge in [0, 0.05) is 37.8 Å². The lowest BCUT2D eigenvalue weighted by atomic mass is 10.2. The third-order valence-corrected chi connectivity index (χ3v) is 5.07. The molecule has 1 heterocycles. The van der Waals surface area contributed by atoms with Crippen molar-refractivity contribution in [2.24, 2.45) is 4.99 Å². The number of amides is 1. The maximum atomic E-state index is 11.8. The van der Waals surface area contributed by atoms with Gasteiger partial charge >= 0.3 is 0 Å². The fourth-order valence-electron chi connectivity index (χ4n) is 3.67. The highest BCUT2D eigenvalue weighted by molar-refractivity contribution is 14.0. The molecule has 6 nitrogen and oxygen atoms in total. The van der Waals surface area contributed by atoms with Gasteiger partial charge in [-0.05, 0) is 39.0 Å². The van der Waals surface area contributed by atoms with Crippen LogP contribution in [0.5, 0.6) is 0 Å². The molecule has 0 bridgehead atoms. The molecule has 1 amide bonds. The Morgan fingerprint density at radius 1 is 1.08 bits per heavy atom. The number of likely N-dealkylation sites (tertiary alicyclic amines) is 1. The van der Waals surface area contributed by atoms with Gasteiger partial charge in [-0.25, -0.2) is 4.99 Å². The van der Waals surface area contributed by atoms with Gasteiger partial charge in [-0.1, -0.05) is 12.8 Å². The summed E-state index contributed by atoms with van der Waals surface area (Å²) in [6.07, 6.45) is 8.90. The number of hydrogen-bond donors (Lipinski definition) is 3. The van der Waals surface area contributed by atoms with E-state index in [2.05, 4.69) is 32.8 Å². The smallest absolute Gasteiger partial charge is 0.242 e. The van der Waals surface area contributed by atoms with E-state index in [-0.39, 0.29) is 36.4 Å². The summed E-state index contributed by atoms with van der Waals surface area (Å²) in [5.74, 6) is 0.806. The predicted octanol–water partition coefficient (Wildman–Crippen LogP) is 1.46. The van der Waals surface area contributed by atoms with Crippen LogP contribution in [0.1, 0.15) is 51.9 Å². The monoisotopic (exact) mass is 449 g/mol. The molecule has 2 aliphatic carbocycles. The Labute approximate surface area is 162 Å². The van der Waals surface area contributed by atoms with Crippen molar-refractivity contribution in [3.63, 3.8) is 0 Å². The lowest BCUT2D eigenvalue weighted by Gasteiger charge is -2.24. The molecule has 3 rings (SSSR count). The molecule has 1 unspecified atom stereocenters. The van der Waals surface area contributed by atoms with E-state index >= 15 is 0 Å². The minimum absolute atomic E-state index is 0. The highest BCUT2D eigenvalue weighted by atomic mass is 127. The normalized spacial score (nSPS) is 25.4. The van der Waals surface area contributed by atoms with E-state index < -0.39 is 0 Å². The first-order valence-electron chi connectivity index (χ1n) is 9.33. The number of carbonyl (C=O) groups excluding carboxylic acids is 1. The van der Waals surface area contributed by atoms with E-state index in [0.29, 0.717) is 12.1 Å². The average Bonchev–Trinajstić information content (AvgIpc) is 3.03. The molecule has 138 valence electrons. The van der Waals surface area contributed by atoms with Crippen molar-refractivity contribution in [2.75, 3.05) is 26.2 Å². The topological polar surface area (TPSA) is 68.8 Å². The van der Waals surface area contributed by atoms with E-state index in [1.54, 1.807) is 0 Å². The van der Waals surface area contributed by atoms with E-state index in [1.165, 1.54) is 32.2 Å². The van der Waals surface area contributed by atoms with E-state index in [1.807, 2.05) is 0 Å². The molecule has 1 atom stereocenters. The van der Waals surface area contributed by atoms with Crippen LogP contribution in [0.4, 0.5) is 0 Å². The first-order valence-corrected chi connectivity index (χ1v) is 9.33. The van der Waals surface area contributed by atoms with Crippen molar-refractivity contribution in [2.45, 2.75) is 70.0 Å². The first kappa shape index (κ1) is 19.8. The molecule has 1 saturated heterocycles. The minimum atomic E-state index is 0. The van der Waals surface area contributed by atoms with Gasteiger partial charge in [-0.15, -0.1) is 24.0 Å². The quantitative estimate of drug-likeness (QED) is 0.326. The van der Waals surface area contributed by atoms with Crippen molar-refractivity contribution in [1.29, 1.82) is 0 Å². The predicted molar refractivity (Wildman–Crippen MR) is 108 cm³/mol. The summed E-state index contributed by atoms with van der Waals surface area (Å²) >= 11 is 0. The Kier molecular flexibility index (Phi) is 8.06. The van der Waals surface area contributed by atoms with Crippen LogP contribution in [0.3, 0.4) is 0 Å². The molecule has 0 aromatic rings. The van der Waals surface area contributed by atoms with Crippen LogP contribution in [0, 0.1) is 0 Å². The van der Waals surface area contributed by atoms with Crippen LogP contribution in [-0.2, 0) is 4.79 Å². The van der Waals surface area contributed by atoms with Crippen molar-refractivity contribution >= 4 is 35.8 Å². The van der Waals surface area contributed by atoms with Crippen LogP contribution < -0.4 is 16.0 Å². The number of carbonyl (C=O) groups is 1. The molecule has 1 aliphatic heterocycles. The number of aliphatic imine (C=N–C) groups is 1. The average molecular weight is 449 g/mol. The molecule has 3 aliphatic rings. The largest absolute Gasteiger partial charge is 0.357 e. The number of nitrogens with zero attached hydrogens (tertiary/aromatic N) is 2. The highest BCUT2D eigenvalue weighted by Crippen LogP contribution is 2.26. The summed E-state index contributed by atoms with van der Waals surface area (Å²) in [5.41, 5.74) is 0. The second kappa shape index (κ2) is 9.79. The third-order valence-electron chi connectivity index (χ3n) is 5.07. The van der Waals surface area contributed by atoms with Gasteiger partial charge < -0.3 is 16.0 Å². The van der Waals surface area contributed by atoms with Gasteiger partial charge in [-0.3, -0.25) is 9.69 Å². The number of rotatable bonds is 6. The molecule has 2 saturated carbocycles. The second-order valence-corrected chi connectivity index (χ2v) is 7.10. The third kappa shape index (κ3) is 6.06. The second-order valence-electron chi connectivity index (χ2n) is 7.10. The Balaban J connectivity index is 0.00000208. The number of guanidine groups is 1. The Bertz CT molecular complexity index is 435. The van der Waals surface area contributed by atoms with Crippen molar-refractivity contribution in [3.8, 4) is 0 Å². The van der Waals surface area contributed by atoms with Crippen LogP contribution in [-0.4, -0.2) is 61.1 Å². The number of halogens is 1. The summed E-state index contributed by atoms with van der Waals surface area (Å²) in [4.78, 5) is 18.9. The Hall–Kier alpha value is -0.570. The summed E-state index contributed by atoms with van der Waals surface area (Å²) in [5, 5.41) is 9.75. The van der Waals surface area contributed by atoms with Crippen molar-refractivity contribution in [1.82, 2.24) is 20.9 Å². The summed E-state index contributed by atoms with van der Waals surface area (Å²) in [7, 11) is 0.